The molecule has 0 radical (unpaired) electrons. The molecule has 0 spiro atoms. The minimum atomic E-state index is -0.973. The van der Waals surface area contributed by atoms with Crippen LogP contribution >= 0.6 is 0 Å². The van der Waals surface area contributed by atoms with E-state index in [0.29, 0.717) is 12.0 Å². The van der Waals surface area contributed by atoms with E-state index in [2.05, 4.69) is 4.90 Å². The summed E-state index contributed by atoms with van der Waals surface area (Å²) in [7, 11) is -0.973. The van der Waals surface area contributed by atoms with Gasteiger partial charge in [-0.3, -0.25) is 4.90 Å². The standard InChI is InChI=1S/C15H21BN4O4/c17-5-11-7-20(15(21)24-11)14-4-10(19-2-1-9(18)6-19)3-13-12(14)8-23-16(13)22/h3-4,9,11,22H,1-2,5-8,17-18H2/t9-,11+/m0/s1. The van der Waals surface area contributed by atoms with Gasteiger partial charge in [-0.25, -0.2) is 4.79 Å². The molecule has 0 aliphatic carbocycles. The van der Waals surface area contributed by atoms with Crippen molar-refractivity contribution in [2.75, 3.05) is 36.0 Å². The van der Waals surface area contributed by atoms with Crippen LogP contribution in [0.5, 0.6) is 0 Å². The maximum Gasteiger partial charge on any atom is 0.491 e. The Morgan fingerprint density at radius 1 is 1.38 bits per heavy atom. The fourth-order valence-corrected chi connectivity index (χ4v) is 3.58. The molecule has 0 bridgehead atoms. The van der Waals surface area contributed by atoms with Crippen LogP contribution in [0.1, 0.15) is 12.0 Å². The Labute approximate surface area is 140 Å². The SMILES string of the molecule is NC[C@@H]1CN(c2cc(N3CC[C@H](N)C3)cc3c2COB3O)C(=O)O1. The van der Waals surface area contributed by atoms with E-state index in [-0.39, 0.29) is 25.3 Å². The summed E-state index contributed by atoms with van der Waals surface area (Å²) < 4.78 is 10.6. The summed E-state index contributed by atoms with van der Waals surface area (Å²) >= 11 is 0. The second-order valence-electron chi connectivity index (χ2n) is 6.54. The smallest absolute Gasteiger partial charge is 0.443 e. The van der Waals surface area contributed by atoms with Gasteiger partial charge in [-0.05, 0) is 29.6 Å². The molecule has 0 saturated carbocycles. The molecule has 2 saturated heterocycles. The van der Waals surface area contributed by atoms with Crippen LogP contribution in [0.25, 0.3) is 0 Å². The number of ether oxygens (including phenoxy) is 1. The minimum Gasteiger partial charge on any atom is -0.443 e. The predicted molar refractivity (Wildman–Crippen MR) is 90.3 cm³/mol. The number of fused-ring (bicyclic) bond motifs is 1. The maximum absolute atomic E-state index is 12.2. The fourth-order valence-electron chi connectivity index (χ4n) is 3.58. The molecule has 3 heterocycles. The molecule has 0 aromatic heterocycles. The van der Waals surface area contributed by atoms with Gasteiger partial charge in [-0.2, -0.15) is 0 Å². The van der Waals surface area contributed by atoms with Crippen molar-refractivity contribution in [3.8, 4) is 0 Å². The summed E-state index contributed by atoms with van der Waals surface area (Å²) in [4.78, 5) is 16.0. The van der Waals surface area contributed by atoms with Crippen LogP contribution in [0.15, 0.2) is 12.1 Å². The third-order valence-corrected chi connectivity index (χ3v) is 4.91. The molecule has 1 amide bonds. The summed E-state index contributed by atoms with van der Waals surface area (Å²) in [6, 6.07) is 4.02. The average Bonchev–Trinajstić information content (AvgIpc) is 3.26. The van der Waals surface area contributed by atoms with Gasteiger partial charge in [-0.1, -0.05) is 0 Å². The minimum absolute atomic E-state index is 0.140. The van der Waals surface area contributed by atoms with Crippen LogP contribution in [0.3, 0.4) is 0 Å². The molecule has 8 nitrogen and oxygen atoms in total. The fraction of sp³-hybridized carbons (Fsp3) is 0.533. The predicted octanol–water partition coefficient (Wildman–Crippen LogP) is -1.27. The Kier molecular flexibility index (Phi) is 3.88. The maximum atomic E-state index is 12.2. The molecule has 2 atom stereocenters. The lowest BCUT2D eigenvalue weighted by Crippen LogP contribution is -2.34. The van der Waals surface area contributed by atoms with Gasteiger partial charge in [0.15, 0.2) is 0 Å². The highest BCUT2D eigenvalue weighted by Crippen LogP contribution is 2.33. The zero-order valence-electron chi connectivity index (χ0n) is 13.4. The molecule has 128 valence electrons. The Bertz CT molecular complexity index is 673. The molecule has 9 heteroatoms. The van der Waals surface area contributed by atoms with E-state index in [1.54, 1.807) is 4.90 Å². The summed E-state index contributed by atoms with van der Waals surface area (Å²) in [5.41, 5.74) is 14.8. The Morgan fingerprint density at radius 3 is 2.88 bits per heavy atom. The van der Waals surface area contributed by atoms with Crippen molar-refractivity contribution in [3.05, 3.63) is 17.7 Å². The van der Waals surface area contributed by atoms with E-state index in [4.69, 9.17) is 20.9 Å². The number of hydrogen-bond acceptors (Lipinski definition) is 7. The summed E-state index contributed by atoms with van der Waals surface area (Å²) in [6.45, 7) is 2.56. The first-order valence-electron chi connectivity index (χ1n) is 8.22. The quantitative estimate of drug-likeness (QED) is 0.591. The highest BCUT2D eigenvalue weighted by atomic mass is 16.6. The number of carbonyl (C=O) groups excluding carboxylic acids is 1. The van der Waals surface area contributed by atoms with Crippen molar-refractivity contribution in [2.45, 2.75) is 25.2 Å². The van der Waals surface area contributed by atoms with Crippen LogP contribution in [-0.2, 0) is 16.0 Å². The largest absolute Gasteiger partial charge is 0.491 e. The highest BCUT2D eigenvalue weighted by molar-refractivity contribution is 6.62. The lowest BCUT2D eigenvalue weighted by Gasteiger charge is -2.23. The van der Waals surface area contributed by atoms with Crippen molar-refractivity contribution in [3.63, 3.8) is 0 Å². The van der Waals surface area contributed by atoms with E-state index in [0.717, 1.165) is 36.4 Å². The molecule has 2 fully saturated rings. The summed E-state index contributed by atoms with van der Waals surface area (Å²) in [5.74, 6) is 0. The number of amides is 1. The molecule has 1 aromatic rings. The van der Waals surface area contributed by atoms with Gasteiger partial charge >= 0.3 is 13.2 Å². The van der Waals surface area contributed by atoms with Gasteiger partial charge in [0.1, 0.15) is 6.10 Å². The van der Waals surface area contributed by atoms with Crippen molar-refractivity contribution in [1.29, 1.82) is 0 Å². The van der Waals surface area contributed by atoms with E-state index in [9.17, 15) is 9.82 Å². The number of hydrogen-bond donors (Lipinski definition) is 3. The molecule has 4 rings (SSSR count). The molecular weight excluding hydrogens is 311 g/mol. The molecular formula is C15H21BN4O4. The third kappa shape index (κ3) is 2.53. The first kappa shape index (κ1) is 15.7. The number of rotatable bonds is 3. The Balaban J connectivity index is 1.74. The number of nitrogens with zero attached hydrogens (tertiary/aromatic N) is 2. The number of anilines is 2. The molecule has 0 unspecified atom stereocenters. The first-order chi connectivity index (χ1) is 11.6. The molecule has 3 aliphatic rings. The van der Waals surface area contributed by atoms with Crippen LogP contribution in [0.4, 0.5) is 16.2 Å². The van der Waals surface area contributed by atoms with Gasteiger partial charge in [-0.15, -0.1) is 0 Å². The zero-order valence-corrected chi connectivity index (χ0v) is 13.4. The number of nitrogens with two attached hydrogens (primary N) is 2. The van der Waals surface area contributed by atoms with E-state index >= 15 is 0 Å². The first-order valence-corrected chi connectivity index (χ1v) is 8.22. The highest BCUT2D eigenvalue weighted by Gasteiger charge is 2.38. The van der Waals surface area contributed by atoms with Crippen molar-refractivity contribution in [1.82, 2.24) is 0 Å². The Hall–Kier alpha value is -1.81. The van der Waals surface area contributed by atoms with Crippen molar-refractivity contribution < 1.29 is 19.2 Å². The summed E-state index contributed by atoms with van der Waals surface area (Å²) in [6.07, 6.45) is 0.195. The van der Waals surface area contributed by atoms with Gasteiger partial charge < -0.3 is 30.8 Å². The van der Waals surface area contributed by atoms with E-state index < -0.39 is 13.2 Å². The number of benzene rings is 1. The lowest BCUT2D eigenvalue weighted by molar-refractivity contribution is 0.145. The van der Waals surface area contributed by atoms with Crippen LogP contribution in [0.2, 0.25) is 0 Å². The monoisotopic (exact) mass is 332 g/mol. The molecule has 3 aliphatic heterocycles. The second kappa shape index (κ2) is 5.93. The van der Waals surface area contributed by atoms with E-state index in [1.165, 1.54) is 0 Å². The normalized spacial score (nSPS) is 26.3. The zero-order chi connectivity index (χ0) is 16.8. The molecule has 24 heavy (non-hydrogen) atoms. The van der Waals surface area contributed by atoms with Gasteiger partial charge in [0.25, 0.3) is 0 Å². The van der Waals surface area contributed by atoms with Crippen LogP contribution in [-0.4, -0.2) is 56.6 Å². The number of carbonyl (C=O) groups is 1. The topological polar surface area (TPSA) is 114 Å². The lowest BCUT2D eigenvalue weighted by atomic mass is 9.78. The van der Waals surface area contributed by atoms with Crippen molar-refractivity contribution >= 4 is 30.0 Å². The van der Waals surface area contributed by atoms with Gasteiger partial charge in [0, 0.05) is 31.4 Å². The van der Waals surface area contributed by atoms with Crippen LogP contribution in [0, 0.1) is 0 Å². The van der Waals surface area contributed by atoms with E-state index in [1.807, 2.05) is 12.1 Å². The van der Waals surface area contributed by atoms with Gasteiger partial charge in [0.05, 0.1) is 18.8 Å². The van der Waals surface area contributed by atoms with Crippen molar-refractivity contribution in [2.24, 2.45) is 11.5 Å². The molecule has 5 N–H and O–H groups in total. The summed E-state index contributed by atoms with van der Waals surface area (Å²) in [5, 5.41) is 10.1. The average molecular weight is 332 g/mol. The van der Waals surface area contributed by atoms with Crippen LogP contribution < -0.4 is 26.7 Å². The molecule has 1 aromatic carbocycles. The second-order valence-corrected chi connectivity index (χ2v) is 6.54. The number of cyclic esters (lactones) is 1. The van der Waals surface area contributed by atoms with Gasteiger partial charge in [0.2, 0.25) is 0 Å². The Morgan fingerprint density at radius 2 is 2.21 bits per heavy atom. The third-order valence-electron chi connectivity index (χ3n) is 4.91.